The quantitative estimate of drug-likeness (QED) is 0.664. The SMILES string of the molecule is Nc1nc(N)c(OC(=O)C2CC2)cc1/N=N/c1ccccc1. The van der Waals surface area contributed by atoms with Crippen molar-refractivity contribution in [3.63, 3.8) is 0 Å². The van der Waals surface area contributed by atoms with Crippen LogP contribution in [0.5, 0.6) is 5.75 Å². The summed E-state index contributed by atoms with van der Waals surface area (Å²) in [4.78, 5) is 15.7. The number of anilines is 2. The van der Waals surface area contributed by atoms with Gasteiger partial charge in [-0.05, 0) is 25.0 Å². The van der Waals surface area contributed by atoms with Crippen LogP contribution in [-0.2, 0) is 4.79 Å². The maximum atomic E-state index is 11.7. The first-order valence-electron chi connectivity index (χ1n) is 6.88. The van der Waals surface area contributed by atoms with Gasteiger partial charge in [-0.1, -0.05) is 18.2 Å². The molecule has 0 unspecified atom stereocenters. The Kier molecular flexibility index (Phi) is 3.69. The number of nitrogen functional groups attached to an aromatic ring is 2. The van der Waals surface area contributed by atoms with E-state index in [2.05, 4.69) is 15.2 Å². The molecule has 7 heteroatoms. The van der Waals surface area contributed by atoms with Gasteiger partial charge >= 0.3 is 5.97 Å². The summed E-state index contributed by atoms with van der Waals surface area (Å²) >= 11 is 0. The summed E-state index contributed by atoms with van der Waals surface area (Å²) in [5.74, 6) is 0.0113. The predicted octanol–water partition coefficient (Wildman–Crippen LogP) is 2.98. The van der Waals surface area contributed by atoms with E-state index in [1.807, 2.05) is 18.2 Å². The van der Waals surface area contributed by atoms with E-state index in [4.69, 9.17) is 16.2 Å². The molecular formula is C15H15N5O2. The van der Waals surface area contributed by atoms with Crippen LogP contribution in [0.1, 0.15) is 12.8 Å². The number of hydrogen-bond acceptors (Lipinski definition) is 7. The van der Waals surface area contributed by atoms with Gasteiger partial charge in [0.05, 0.1) is 11.6 Å². The van der Waals surface area contributed by atoms with Crippen LogP contribution < -0.4 is 16.2 Å². The molecule has 0 saturated heterocycles. The maximum Gasteiger partial charge on any atom is 0.314 e. The smallest absolute Gasteiger partial charge is 0.314 e. The zero-order chi connectivity index (χ0) is 15.5. The van der Waals surface area contributed by atoms with Crippen molar-refractivity contribution in [3.05, 3.63) is 36.4 Å². The number of ether oxygens (including phenoxy) is 1. The number of hydrogen-bond donors (Lipinski definition) is 2. The maximum absolute atomic E-state index is 11.7. The van der Waals surface area contributed by atoms with Crippen molar-refractivity contribution in [1.29, 1.82) is 0 Å². The zero-order valence-corrected chi connectivity index (χ0v) is 11.8. The largest absolute Gasteiger partial charge is 0.422 e. The summed E-state index contributed by atoms with van der Waals surface area (Å²) in [6.07, 6.45) is 1.70. The fourth-order valence-corrected chi connectivity index (χ4v) is 1.79. The van der Waals surface area contributed by atoms with Crippen LogP contribution in [-0.4, -0.2) is 11.0 Å². The van der Waals surface area contributed by atoms with Gasteiger partial charge in [-0.25, -0.2) is 4.98 Å². The summed E-state index contributed by atoms with van der Waals surface area (Å²) in [6.45, 7) is 0. The minimum Gasteiger partial charge on any atom is -0.422 e. The summed E-state index contributed by atoms with van der Waals surface area (Å²) in [6, 6.07) is 10.7. The highest BCUT2D eigenvalue weighted by Crippen LogP contribution is 2.35. The van der Waals surface area contributed by atoms with Gasteiger partial charge in [-0.2, -0.15) is 5.11 Å². The monoisotopic (exact) mass is 297 g/mol. The van der Waals surface area contributed by atoms with Crippen molar-refractivity contribution in [2.24, 2.45) is 16.1 Å². The molecule has 0 amide bonds. The highest BCUT2D eigenvalue weighted by Gasteiger charge is 2.32. The standard InChI is InChI=1S/C15H15N5O2/c16-13-11(20-19-10-4-2-1-3-5-10)8-12(14(17)18-13)22-15(21)9-6-7-9/h1-5,8-9H,6-7H2,(H4,16,17,18)/b20-19+. The number of esters is 1. The van der Waals surface area contributed by atoms with Gasteiger partial charge in [-0.3, -0.25) is 4.79 Å². The van der Waals surface area contributed by atoms with Crippen molar-refractivity contribution in [3.8, 4) is 5.75 Å². The van der Waals surface area contributed by atoms with Crippen LogP contribution in [0.25, 0.3) is 0 Å². The first-order chi connectivity index (χ1) is 10.6. The van der Waals surface area contributed by atoms with Crippen molar-refractivity contribution in [2.45, 2.75) is 12.8 Å². The molecule has 1 aliphatic rings. The summed E-state index contributed by atoms with van der Waals surface area (Å²) < 4.78 is 5.23. The molecule has 1 aromatic carbocycles. The topological polar surface area (TPSA) is 116 Å². The number of rotatable bonds is 4. The van der Waals surface area contributed by atoms with Gasteiger partial charge in [-0.15, -0.1) is 5.11 Å². The van der Waals surface area contributed by atoms with Gasteiger partial charge in [0.1, 0.15) is 5.69 Å². The van der Waals surface area contributed by atoms with E-state index >= 15 is 0 Å². The van der Waals surface area contributed by atoms with E-state index in [9.17, 15) is 4.79 Å². The highest BCUT2D eigenvalue weighted by atomic mass is 16.5. The lowest BCUT2D eigenvalue weighted by Crippen LogP contribution is -2.12. The molecule has 4 N–H and O–H groups in total. The molecule has 1 heterocycles. The predicted molar refractivity (Wildman–Crippen MR) is 82.0 cm³/mol. The molecule has 1 fully saturated rings. The lowest BCUT2D eigenvalue weighted by atomic mass is 10.3. The zero-order valence-electron chi connectivity index (χ0n) is 11.8. The van der Waals surface area contributed by atoms with Crippen LogP contribution in [0.4, 0.5) is 23.0 Å². The highest BCUT2D eigenvalue weighted by molar-refractivity contribution is 5.79. The Labute approximate surface area is 127 Å². The number of nitrogens with two attached hydrogens (primary N) is 2. The first kappa shape index (κ1) is 14.0. The Bertz CT molecular complexity index is 726. The number of carbonyl (C=O) groups excluding carboxylic acids is 1. The van der Waals surface area contributed by atoms with Gasteiger partial charge in [0, 0.05) is 6.07 Å². The summed E-state index contributed by atoms with van der Waals surface area (Å²) in [7, 11) is 0. The number of azo groups is 1. The fourth-order valence-electron chi connectivity index (χ4n) is 1.79. The van der Waals surface area contributed by atoms with Crippen LogP contribution in [0.3, 0.4) is 0 Å². The van der Waals surface area contributed by atoms with Crippen LogP contribution >= 0.6 is 0 Å². The Morgan fingerprint density at radius 3 is 2.55 bits per heavy atom. The second-order valence-corrected chi connectivity index (χ2v) is 5.01. The average molecular weight is 297 g/mol. The fraction of sp³-hybridized carbons (Fsp3) is 0.200. The van der Waals surface area contributed by atoms with Crippen molar-refractivity contribution >= 4 is 29.0 Å². The van der Waals surface area contributed by atoms with Gasteiger partial charge in [0.2, 0.25) is 0 Å². The first-order valence-corrected chi connectivity index (χ1v) is 6.88. The van der Waals surface area contributed by atoms with Gasteiger partial charge in [0.25, 0.3) is 0 Å². The summed E-state index contributed by atoms with van der Waals surface area (Å²) in [5, 5.41) is 8.09. The normalized spacial score (nSPS) is 14.2. The Hall–Kier alpha value is -2.96. The Balaban J connectivity index is 1.84. The van der Waals surface area contributed by atoms with E-state index in [1.165, 1.54) is 6.07 Å². The third-order valence-electron chi connectivity index (χ3n) is 3.17. The molecule has 3 rings (SSSR count). The van der Waals surface area contributed by atoms with Crippen molar-refractivity contribution < 1.29 is 9.53 Å². The Morgan fingerprint density at radius 1 is 1.14 bits per heavy atom. The number of carbonyl (C=O) groups is 1. The van der Waals surface area contributed by atoms with E-state index in [1.54, 1.807) is 12.1 Å². The molecule has 0 radical (unpaired) electrons. The third kappa shape index (κ3) is 3.20. The second kappa shape index (κ2) is 5.80. The van der Waals surface area contributed by atoms with E-state index in [0.717, 1.165) is 12.8 Å². The molecule has 22 heavy (non-hydrogen) atoms. The lowest BCUT2D eigenvalue weighted by molar-refractivity contribution is -0.135. The minimum absolute atomic E-state index is 0.0358. The number of benzene rings is 1. The van der Waals surface area contributed by atoms with Gasteiger partial charge in [0.15, 0.2) is 17.4 Å². The molecular weight excluding hydrogens is 282 g/mol. The van der Waals surface area contributed by atoms with Crippen LogP contribution in [0.2, 0.25) is 0 Å². The molecule has 0 spiro atoms. The molecule has 0 atom stereocenters. The average Bonchev–Trinajstić information content (AvgIpc) is 3.34. The molecule has 0 bridgehead atoms. The second-order valence-electron chi connectivity index (χ2n) is 5.01. The van der Waals surface area contributed by atoms with Crippen LogP contribution in [0, 0.1) is 5.92 Å². The van der Waals surface area contributed by atoms with Crippen molar-refractivity contribution in [2.75, 3.05) is 11.5 Å². The molecule has 7 nitrogen and oxygen atoms in total. The van der Waals surface area contributed by atoms with E-state index in [-0.39, 0.29) is 29.3 Å². The van der Waals surface area contributed by atoms with Crippen LogP contribution in [0.15, 0.2) is 46.6 Å². The Morgan fingerprint density at radius 2 is 1.86 bits per heavy atom. The molecule has 2 aromatic rings. The molecule has 112 valence electrons. The minimum atomic E-state index is -0.302. The number of aromatic nitrogens is 1. The number of pyridine rings is 1. The van der Waals surface area contributed by atoms with E-state index < -0.39 is 0 Å². The third-order valence-corrected chi connectivity index (χ3v) is 3.17. The number of nitrogens with zero attached hydrogens (tertiary/aromatic N) is 3. The van der Waals surface area contributed by atoms with Crippen molar-refractivity contribution in [1.82, 2.24) is 4.98 Å². The summed E-state index contributed by atoms with van der Waals surface area (Å²) in [5.41, 5.74) is 12.5. The van der Waals surface area contributed by atoms with Gasteiger partial charge < -0.3 is 16.2 Å². The van der Waals surface area contributed by atoms with E-state index in [0.29, 0.717) is 11.4 Å². The lowest BCUT2D eigenvalue weighted by Gasteiger charge is -2.08. The molecule has 1 saturated carbocycles. The molecule has 0 aliphatic heterocycles. The molecule has 1 aliphatic carbocycles. The molecule has 1 aromatic heterocycles.